The number of rotatable bonds is 3. The third-order valence-corrected chi connectivity index (χ3v) is 5.75. The van der Waals surface area contributed by atoms with Crippen molar-refractivity contribution >= 4 is 0 Å². The summed E-state index contributed by atoms with van der Waals surface area (Å²) in [6, 6.07) is 0. The first kappa shape index (κ1) is 11.0. The van der Waals surface area contributed by atoms with E-state index in [2.05, 4.69) is 9.97 Å². The second-order valence-corrected chi connectivity index (χ2v) is 6.86. The van der Waals surface area contributed by atoms with Crippen LogP contribution in [0.25, 0.3) is 0 Å². The molecule has 4 fully saturated rings. The fraction of sp³-hybridized carbons (Fsp3) is 0.800. The molecule has 3 nitrogen and oxygen atoms in total. The van der Waals surface area contributed by atoms with Gasteiger partial charge in [0.25, 0.3) is 0 Å². The average molecular weight is 245 g/mol. The van der Waals surface area contributed by atoms with E-state index in [1.807, 2.05) is 6.20 Å². The van der Waals surface area contributed by atoms with E-state index >= 15 is 0 Å². The summed E-state index contributed by atoms with van der Waals surface area (Å²) >= 11 is 0. The molecule has 0 aromatic carbocycles. The Morgan fingerprint density at radius 2 is 1.78 bits per heavy atom. The maximum absolute atomic E-state index is 5.64. The molecule has 0 atom stereocenters. The summed E-state index contributed by atoms with van der Waals surface area (Å²) in [6.45, 7) is 0.578. The molecule has 98 valence electrons. The average Bonchev–Trinajstić information content (AvgIpc) is 2.80. The van der Waals surface area contributed by atoms with Gasteiger partial charge in [-0.1, -0.05) is 0 Å². The Balaban J connectivity index is 1.51. The third-order valence-electron chi connectivity index (χ3n) is 5.75. The number of hydrogen-bond donors (Lipinski definition) is 2. The molecule has 4 aliphatic carbocycles. The first-order chi connectivity index (χ1) is 8.81. The standard InChI is InChI=1S/C15H23N3/c16-7-13-8-17-15(18-13)6-14-11-2-9-1-10(4-11)5-12(14)3-9/h8-12,14H,1-7,16H2,(H,17,18). The molecule has 4 aliphatic rings. The molecule has 1 heterocycles. The number of nitrogens with two attached hydrogens (primary N) is 1. The van der Waals surface area contributed by atoms with Crippen molar-refractivity contribution in [3.8, 4) is 0 Å². The molecule has 1 aromatic heterocycles. The zero-order valence-electron chi connectivity index (χ0n) is 10.9. The van der Waals surface area contributed by atoms with Gasteiger partial charge in [0.05, 0.1) is 0 Å². The monoisotopic (exact) mass is 245 g/mol. The van der Waals surface area contributed by atoms with E-state index < -0.39 is 0 Å². The molecule has 4 bridgehead atoms. The lowest BCUT2D eigenvalue weighted by molar-refractivity contribution is -0.0366. The summed E-state index contributed by atoms with van der Waals surface area (Å²) in [5.74, 6) is 6.20. The Labute approximate surface area is 109 Å². The molecule has 4 saturated carbocycles. The van der Waals surface area contributed by atoms with Crippen LogP contribution in [0.3, 0.4) is 0 Å². The molecule has 0 spiro atoms. The molecular weight excluding hydrogens is 222 g/mol. The predicted molar refractivity (Wildman–Crippen MR) is 70.7 cm³/mol. The van der Waals surface area contributed by atoms with Crippen LogP contribution in [0, 0.1) is 29.6 Å². The molecule has 0 aliphatic heterocycles. The predicted octanol–water partition coefficient (Wildman–Crippen LogP) is 2.48. The second kappa shape index (κ2) is 4.09. The van der Waals surface area contributed by atoms with Crippen molar-refractivity contribution < 1.29 is 0 Å². The van der Waals surface area contributed by atoms with E-state index in [-0.39, 0.29) is 0 Å². The fourth-order valence-corrected chi connectivity index (χ4v) is 5.21. The van der Waals surface area contributed by atoms with E-state index in [0.29, 0.717) is 6.54 Å². The molecule has 18 heavy (non-hydrogen) atoms. The largest absolute Gasteiger partial charge is 0.345 e. The maximum Gasteiger partial charge on any atom is 0.106 e. The molecule has 0 radical (unpaired) electrons. The first-order valence-corrected chi connectivity index (χ1v) is 7.54. The quantitative estimate of drug-likeness (QED) is 0.859. The fourth-order valence-electron chi connectivity index (χ4n) is 5.21. The van der Waals surface area contributed by atoms with Crippen molar-refractivity contribution in [1.82, 2.24) is 9.97 Å². The van der Waals surface area contributed by atoms with Gasteiger partial charge in [-0.2, -0.15) is 0 Å². The SMILES string of the molecule is NCc1cnc(CC2C3CC4CC(C3)CC2C4)[nH]1. The highest BCUT2D eigenvalue weighted by Gasteiger charge is 2.48. The summed E-state index contributed by atoms with van der Waals surface area (Å²) < 4.78 is 0. The van der Waals surface area contributed by atoms with Crippen molar-refractivity contribution in [2.45, 2.75) is 45.1 Å². The highest BCUT2D eigenvalue weighted by Crippen LogP contribution is 2.57. The highest BCUT2D eigenvalue weighted by atomic mass is 14.9. The van der Waals surface area contributed by atoms with E-state index in [0.717, 1.165) is 41.7 Å². The third kappa shape index (κ3) is 1.71. The minimum absolute atomic E-state index is 0.578. The van der Waals surface area contributed by atoms with Crippen LogP contribution in [-0.2, 0) is 13.0 Å². The lowest BCUT2D eigenvalue weighted by Crippen LogP contribution is -2.45. The molecule has 5 rings (SSSR count). The summed E-state index contributed by atoms with van der Waals surface area (Å²) in [7, 11) is 0. The second-order valence-electron chi connectivity index (χ2n) is 6.86. The minimum Gasteiger partial charge on any atom is -0.345 e. The van der Waals surface area contributed by atoms with Crippen molar-refractivity contribution in [3.05, 3.63) is 17.7 Å². The Morgan fingerprint density at radius 3 is 2.33 bits per heavy atom. The zero-order chi connectivity index (χ0) is 12.1. The number of nitrogens with one attached hydrogen (secondary N) is 1. The van der Waals surface area contributed by atoms with Crippen molar-refractivity contribution in [1.29, 1.82) is 0 Å². The van der Waals surface area contributed by atoms with Gasteiger partial charge in [0.15, 0.2) is 0 Å². The van der Waals surface area contributed by atoms with Crippen LogP contribution in [-0.4, -0.2) is 9.97 Å². The minimum atomic E-state index is 0.578. The smallest absolute Gasteiger partial charge is 0.106 e. The summed E-state index contributed by atoms with van der Waals surface area (Å²) in [4.78, 5) is 7.89. The number of nitrogens with zero attached hydrogens (tertiary/aromatic N) is 1. The lowest BCUT2D eigenvalue weighted by atomic mass is 9.51. The highest BCUT2D eigenvalue weighted by molar-refractivity contribution is 5.05. The van der Waals surface area contributed by atoms with Gasteiger partial charge in [-0.05, 0) is 61.7 Å². The molecule has 3 heteroatoms. The normalized spacial score (nSPS) is 41.5. The van der Waals surface area contributed by atoms with E-state index in [1.165, 1.54) is 37.9 Å². The maximum atomic E-state index is 5.64. The summed E-state index contributed by atoms with van der Waals surface area (Å²) in [5, 5.41) is 0. The topological polar surface area (TPSA) is 54.7 Å². The van der Waals surface area contributed by atoms with E-state index in [9.17, 15) is 0 Å². The first-order valence-electron chi connectivity index (χ1n) is 7.54. The van der Waals surface area contributed by atoms with Crippen LogP contribution in [0.4, 0.5) is 0 Å². The summed E-state index contributed by atoms with van der Waals surface area (Å²) in [6.07, 6.45) is 10.6. The number of imidazole rings is 1. The molecule has 0 amide bonds. The van der Waals surface area contributed by atoms with Gasteiger partial charge >= 0.3 is 0 Å². The van der Waals surface area contributed by atoms with E-state index in [4.69, 9.17) is 5.73 Å². The van der Waals surface area contributed by atoms with Crippen LogP contribution in [0.2, 0.25) is 0 Å². The van der Waals surface area contributed by atoms with Crippen LogP contribution in [0.15, 0.2) is 6.20 Å². The van der Waals surface area contributed by atoms with Crippen molar-refractivity contribution in [2.24, 2.45) is 35.3 Å². The lowest BCUT2D eigenvalue weighted by Gasteiger charge is -2.54. The van der Waals surface area contributed by atoms with Gasteiger partial charge in [0.2, 0.25) is 0 Å². The Kier molecular flexibility index (Phi) is 2.51. The van der Waals surface area contributed by atoms with Crippen LogP contribution in [0.5, 0.6) is 0 Å². The molecule has 0 saturated heterocycles. The molecule has 3 N–H and O–H groups in total. The van der Waals surface area contributed by atoms with Crippen molar-refractivity contribution in [2.75, 3.05) is 0 Å². The Hall–Kier alpha value is -0.830. The number of aromatic amines is 1. The van der Waals surface area contributed by atoms with Gasteiger partial charge < -0.3 is 10.7 Å². The number of hydrogen-bond acceptors (Lipinski definition) is 2. The van der Waals surface area contributed by atoms with E-state index in [1.54, 1.807) is 0 Å². The van der Waals surface area contributed by atoms with Crippen LogP contribution < -0.4 is 5.73 Å². The van der Waals surface area contributed by atoms with Gasteiger partial charge in [-0.3, -0.25) is 0 Å². The van der Waals surface area contributed by atoms with Gasteiger partial charge in [-0.15, -0.1) is 0 Å². The van der Waals surface area contributed by atoms with Crippen molar-refractivity contribution in [3.63, 3.8) is 0 Å². The number of aromatic nitrogens is 2. The van der Waals surface area contributed by atoms with Gasteiger partial charge in [0.1, 0.15) is 5.82 Å². The van der Waals surface area contributed by atoms with Gasteiger partial charge in [0, 0.05) is 24.9 Å². The molecular formula is C15H23N3. The summed E-state index contributed by atoms with van der Waals surface area (Å²) in [5.41, 5.74) is 6.72. The van der Waals surface area contributed by atoms with Gasteiger partial charge in [-0.25, -0.2) is 4.98 Å². The molecule has 1 aromatic rings. The van der Waals surface area contributed by atoms with Crippen LogP contribution >= 0.6 is 0 Å². The Morgan fingerprint density at radius 1 is 1.11 bits per heavy atom. The number of H-pyrrole nitrogens is 1. The zero-order valence-corrected chi connectivity index (χ0v) is 10.9. The van der Waals surface area contributed by atoms with Crippen LogP contribution in [0.1, 0.15) is 43.6 Å². The molecule has 0 unspecified atom stereocenters. The Bertz CT molecular complexity index is 409.